The Morgan fingerprint density at radius 2 is 1.88 bits per heavy atom. The van der Waals surface area contributed by atoms with Crippen LogP contribution in [0, 0.1) is 5.92 Å². The second-order valence-electron chi connectivity index (χ2n) is 7.14. The molecule has 2 aliphatic rings. The van der Waals surface area contributed by atoms with Crippen LogP contribution in [-0.2, 0) is 9.53 Å². The van der Waals surface area contributed by atoms with Crippen molar-refractivity contribution in [3.63, 3.8) is 0 Å². The number of carbonyl (C=O) groups is 1. The van der Waals surface area contributed by atoms with Gasteiger partial charge < -0.3 is 19.7 Å². The van der Waals surface area contributed by atoms with Crippen LogP contribution in [0.3, 0.4) is 0 Å². The summed E-state index contributed by atoms with van der Waals surface area (Å²) in [6.07, 6.45) is 4.17. The Labute approximate surface area is 150 Å². The normalized spacial score (nSPS) is 21.6. The van der Waals surface area contributed by atoms with Gasteiger partial charge in [-0.2, -0.15) is 0 Å². The predicted octanol–water partition coefficient (Wildman–Crippen LogP) is 2.46. The minimum Gasteiger partial charge on any atom is -0.481 e. The third kappa shape index (κ3) is 5.44. The summed E-state index contributed by atoms with van der Waals surface area (Å²) >= 11 is 0. The molecule has 25 heavy (non-hydrogen) atoms. The van der Waals surface area contributed by atoms with E-state index in [0.29, 0.717) is 12.0 Å². The molecule has 5 nitrogen and oxygen atoms in total. The quantitative estimate of drug-likeness (QED) is 0.860. The van der Waals surface area contributed by atoms with E-state index in [4.69, 9.17) is 9.47 Å². The van der Waals surface area contributed by atoms with Gasteiger partial charge in [0.05, 0.1) is 0 Å². The van der Waals surface area contributed by atoms with Crippen LogP contribution in [0.25, 0.3) is 0 Å². The highest BCUT2D eigenvalue weighted by Gasteiger charge is 2.27. The van der Waals surface area contributed by atoms with Crippen LogP contribution in [0.2, 0.25) is 0 Å². The van der Waals surface area contributed by atoms with Gasteiger partial charge in [-0.1, -0.05) is 18.2 Å². The molecular weight excluding hydrogens is 316 g/mol. The number of rotatable bonds is 6. The number of ether oxygens (including phenoxy) is 2. The first-order valence-corrected chi connectivity index (χ1v) is 9.53. The smallest absolute Gasteiger partial charge is 0.260 e. The van der Waals surface area contributed by atoms with Crippen molar-refractivity contribution >= 4 is 5.91 Å². The summed E-state index contributed by atoms with van der Waals surface area (Å²) in [7, 11) is 0. The van der Waals surface area contributed by atoms with E-state index in [9.17, 15) is 4.79 Å². The number of hydrogen-bond acceptors (Lipinski definition) is 4. The molecular formula is C20H30N2O3. The number of para-hydroxylation sites is 1. The van der Waals surface area contributed by atoms with Crippen molar-refractivity contribution in [2.45, 2.75) is 44.8 Å². The number of nitrogens with one attached hydrogen (secondary N) is 1. The highest BCUT2D eigenvalue weighted by Crippen LogP contribution is 2.22. The van der Waals surface area contributed by atoms with Crippen LogP contribution in [0.15, 0.2) is 30.3 Å². The van der Waals surface area contributed by atoms with Crippen molar-refractivity contribution in [3.8, 4) is 5.75 Å². The van der Waals surface area contributed by atoms with Crippen LogP contribution < -0.4 is 10.1 Å². The zero-order chi connectivity index (χ0) is 17.5. The van der Waals surface area contributed by atoms with Crippen molar-refractivity contribution in [2.75, 3.05) is 32.8 Å². The summed E-state index contributed by atoms with van der Waals surface area (Å²) in [4.78, 5) is 14.9. The molecule has 0 aliphatic carbocycles. The molecule has 0 unspecified atom stereocenters. The first-order valence-electron chi connectivity index (χ1n) is 9.53. The summed E-state index contributed by atoms with van der Waals surface area (Å²) < 4.78 is 11.1. The lowest BCUT2D eigenvalue weighted by molar-refractivity contribution is -0.127. The Morgan fingerprint density at radius 1 is 1.20 bits per heavy atom. The lowest BCUT2D eigenvalue weighted by Crippen LogP contribution is -2.46. The molecule has 0 aromatic heterocycles. The fraction of sp³-hybridized carbons (Fsp3) is 0.650. The summed E-state index contributed by atoms with van der Waals surface area (Å²) in [6, 6.07) is 10.2. The molecule has 2 aliphatic heterocycles. The van der Waals surface area contributed by atoms with Crippen molar-refractivity contribution in [3.05, 3.63) is 30.3 Å². The van der Waals surface area contributed by atoms with E-state index >= 15 is 0 Å². The molecule has 0 saturated carbocycles. The number of carbonyl (C=O) groups excluding carboxylic acids is 1. The van der Waals surface area contributed by atoms with Crippen molar-refractivity contribution in [1.82, 2.24) is 10.2 Å². The molecule has 5 heteroatoms. The van der Waals surface area contributed by atoms with Gasteiger partial charge in [0.25, 0.3) is 5.91 Å². The Morgan fingerprint density at radius 3 is 2.56 bits per heavy atom. The van der Waals surface area contributed by atoms with Crippen LogP contribution in [0.1, 0.15) is 32.6 Å². The van der Waals surface area contributed by atoms with Gasteiger partial charge in [0.1, 0.15) is 5.75 Å². The molecule has 1 N–H and O–H groups in total. The molecule has 138 valence electrons. The number of likely N-dealkylation sites (tertiary alicyclic amines) is 1. The zero-order valence-electron chi connectivity index (χ0n) is 15.2. The highest BCUT2D eigenvalue weighted by molar-refractivity contribution is 5.80. The van der Waals surface area contributed by atoms with E-state index in [1.54, 1.807) is 6.92 Å². The molecule has 1 aromatic rings. The molecule has 2 fully saturated rings. The summed E-state index contributed by atoms with van der Waals surface area (Å²) in [5.74, 6) is 1.27. The molecule has 2 saturated heterocycles. The third-order valence-corrected chi connectivity index (χ3v) is 5.35. The summed E-state index contributed by atoms with van der Waals surface area (Å²) in [6.45, 7) is 6.64. The lowest BCUT2D eigenvalue weighted by Gasteiger charge is -2.39. The third-order valence-electron chi connectivity index (χ3n) is 5.35. The number of amides is 1. The van der Waals surface area contributed by atoms with Crippen LogP contribution in [-0.4, -0.2) is 55.8 Å². The number of benzene rings is 1. The van der Waals surface area contributed by atoms with E-state index < -0.39 is 6.10 Å². The van der Waals surface area contributed by atoms with E-state index in [-0.39, 0.29) is 5.91 Å². The second-order valence-corrected chi connectivity index (χ2v) is 7.14. The maximum atomic E-state index is 12.2. The van der Waals surface area contributed by atoms with Gasteiger partial charge in [0.2, 0.25) is 0 Å². The Bertz CT molecular complexity index is 523. The minimum absolute atomic E-state index is 0.0317. The van der Waals surface area contributed by atoms with Gasteiger partial charge in [-0.15, -0.1) is 0 Å². The van der Waals surface area contributed by atoms with Crippen LogP contribution in [0.4, 0.5) is 0 Å². The molecule has 1 aromatic carbocycles. The summed E-state index contributed by atoms with van der Waals surface area (Å²) in [5.41, 5.74) is 0. The van der Waals surface area contributed by atoms with Gasteiger partial charge in [0.15, 0.2) is 6.10 Å². The van der Waals surface area contributed by atoms with Crippen LogP contribution >= 0.6 is 0 Å². The average molecular weight is 346 g/mol. The van der Waals surface area contributed by atoms with E-state index in [1.807, 2.05) is 30.3 Å². The molecule has 0 bridgehead atoms. The van der Waals surface area contributed by atoms with Gasteiger partial charge in [-0.05, 0) is 63.7 Å². The molecule has 3 rings (SSSR count). The highest BCUT2D eigenvalue weighted by atomic mass is 16.5. The Balaban J connectivity index is 1.35. The monoisotopic (exact) mass is 346 g/mol. The number of hydrogen-bond donors (Lipinski definition) is 1. The predicted molar refractivity (Wildman–Crippen MR) is 97.7 cm³/mol. The van der Waals surface area contributed by atoms with Crippen LogP contribution in [0.5, 0.6) is 5.75 Å². The zero-order valence-corrected chi connectivity index (χ0v) is 15.2. The lowest BCUT2D eigenvalue weighted by atomic mass is 9.94. The van der Waals surface area contributed by atoms with E-state index in [2.05, 4.69) is 10.2 Å². The maximum absolute atomic E-state index is 12.2. The first-order chi connectivity index (χ1) is 12.2. The maximum Gasteiger partial charge on any atom is 0.260 e. The van der Waals surface area contributed by atoms with Crippen molar-refractivity contribution < 1.29 is 14.3 Å². The van der Waals surface area contributed by atoms with Crippen molar-refractivity contribution in [1.29, 1.82) is 0 Å². The van der Waals surface area contributed by atoms with Gasteiger partial charge in [0, 0.05) is 25.8 Å². The van der Waals surface area contributed by atoms with Gasteiger partial charge in [-0.25, -0.2) is 0 Å². The van der Waals surface area contributed by atoms with Gasteiger partial charge >= 0.3 is 0 Å². The van der Waals surface area contributed by atoms with E-state index in [0.717, 1.165) is 64.3 Å². The number of nitrogens with zero attached hydrogens (tertiary/aromatic N) is 1. The SMILES string of the molecule is C[C@@H](Oc1ccccc1)C(=O)NCC1CCN(C2CCOCC2)CC1. The van der Waals surface area contributed by atoms with Gasteiger partial charge in [-0.3, -0.25) is 4.79 Å². The largest absolute Gasteiger partial charge is 0.481 e. The Hall–Kier alpha value is -1.59. The summed E-state index contributed by atoms with van der Waals surface area (Å²) in [5, 5.41) is 3.06. The minimum atomic E-state index is -0.468. The second kappa shape index (κ2) is 9.20. The molecule has 1 amide bonds. The molecule has 1 atom stereocenters. The fourth-order valence-corrected chi connectivity index (χ4v) is 3.72. The fourth-order valence-electron chi connectivity index (χ4n) is 3.72. The number of piperidine rings is 1. The standard InChI is InChI=1S/C20H30N2O3/c1-16(25-19-5-3-2-4-6-19)20(23)21-15-17-7-11-22(12-8-17)18-9-13-24-14-10-18/h2-6,16-18H,7-15H2,1H3,(H,21,23)/t16-/m1/s1. The first kappa shape index (κ1) is 18.2. The topological polar surface area (TPSA) is 50.8 Å². The Kier molecular flexibility index (Phi) is 6.70. The molecule has 2 heterocycles. The average Bonchev–Trinajstić information content (AvgIpc) is 2.68. The molecule has 0 radical (unpaired) electrons. The van der Waals surface area contributed by atoms with Crippen molar-refractivity contribution in [2.24, 2.45) is 5.92 Å². The van der Waals surface area contributed by atoms with E-state index in [1.165, 1.54) is 0 Å². The molecule has 0 spiro atoms.